The van der Waals surface area contributed by atoms with Crippen molar-refractivity contribution in [2.75, 3.05) is 0 Å². The number of hydrogen-bond acceptors (Lipinski definition) is 3. The van der Waals surface area contributed by atoms with Crippen LogP contribution in [0.2, 0.25) is 0 Å². The summed E-state index contributed by atoms with van der Waals surface area (Å²) in [7, 11) is -1.41. The molecule has 1 aromatic heterocycles. The van der Waals surface area contributed by atoms with E-state index in [1.54, 1.807) is 18.3 Å². The highest BCUT2D eigenvalue weighted by Gasteiger charge is 2.16. The zero-order valence-electron chi connectivity index (χ0n) is 7.94. The van der Waals surface area contributed by atoms with Gasteiger partial charge in [0.15, 0.2) is 0 Å². The minimum Gasteiger partial charge on any atom is -0.423 e. The Labute approximate surface area is 78.6 Å². The van der Waals surface area contributed by atoms with Gasteiger partial charge in [-0.05, 0) is 18.4 Å². The van der Waals surface area contributed by atoms with Gasteiger partial charge in [0, 0.05) is 17.4 Å². The molecular formula is C9H14BNO2. The van der Waals surface area contributed by atoms with E-state index in [9.17, 15) is 0 Å². The number of pyridine rings is 1. The standard InChI is InChI=1S/C9H14BNO2/c1-7(2)6-9-8(10(12)13)4-3-5-11-9/h3-5,7,12-13H,6H2,1-2H3. The minimum atomic E-state index is -1.41. The van der Waals surface area contributed by atoms with Crippen LogP contribution in [0.25, 0.3) is 0 Å². The molecule has 0 aliphatic rings. The van der Waals surface area contributed by atoms with Crippen LogP contribution in [0.5, 0.6) is 0 Å². The van der Waals surface area contributed by atoms with Gasteiger partial charge in [0.1, 0.15) is 0 Å². The Balaban J connectivity index is 2.91. The molecule has 0 saturated carbocycles. The van der Waals surface area contributed by atoms with Crippen molar-refractivity contribution >= 4 is 12.6 Å². The monoisotopic (exact) mass is 179 g/mol. The van der Waals surface area contributed by atoms with Crippen molar-refractivity contribution < 1.29 is 10.0 Å². The second-order valence-corrected chi connectivity index (χ2v) is 3.51. The maximum absolute atomic E-state index is 9.03. The summed E-state index contributed by atoms with van der Waals surface area (Å²) in [4.78, 5) is 4.12. The van der Waals surface area contributed by atoms with Gasteiger partial charge in [-0.2, -0.15) is 0 Å². The molecule has 3 nitrogen and oxygen atoms in total. The van der Waals surface area contributed by atoms with E-state index in [0.29, 0.717) is 11.4 Å². The Morgan fingerprint density at radius 2 is 2.15 bits per heavy atom. The molecule has 1 aromatic rings. The molecule has 2 N–H and O–H groups in total. The Morgan fingerprint density at radius 1 is 1.46 bits per heavy atom. The van der Waals surface area contributed by atoms with E-state index < -0.39 is 7.12 Å². The lowest BCUT2D eigenvalue weighted by Gasteiger charge is -2.08. The van der Waals surface area contributed by atoms with Crippen molar-refractivity contribution in [3.63, 3.8) is 0 Å². The fourth-order valence-electron chi connectivity index (χ4n) is 1.24. The fraction of sp³-hybridized carbons (Fsp3) is 0.444. The first-order chi connectivity index (χ1) is 6.11. The van der Waals surface area contributed by atoms with Gasteiger partial charge in [-0.25, -0.2) is 0 Å². The molecule has 0 atom stereocenters. The number of aromatic nitrogens is 1. The number of rotatable bonds is 3. The van der Waals surface area contributed by atoms with Crippen LogP contribution in [0.1, 0.15) is 19.5 Å². The van der Waals surface area contributed by atoms with Gasteiger partial charge in [0.05, 0.1) is 0 Å². The molecule has 13 heavy (non-hydrogen) atoms. The first kappa shape index (κ1) is 10.2. The van der Waals surface area contributed by atoms with Crippen LogP contribution in [0.4, 0.5) is 0 Å². The molecule has 0 fully saturated rings. The number of hydrogen-bond donors (Lipinski definition) is 2. The molecular weight excluding hydrogens is 165 g/mol. The van der Waals surface area contributed by atoms with Crippen molar-refractivity contribution in [3.8, 4) is 0 Å². The maximum Gasteiger partial charge on any atom is 0.490 e. The lowest BCUT2D eigenvalue weighted by Crippen LogP contribution is -2.34. The van der Waals surface area contributed by atoms with Crippen LogP contribution in [-0.2, 0) is 6.42 Å². The van der Waals surface area contributed by atoms with Crippen LogP contribution in [0, 0.1) is 5.92 Å². The summed E-state index contributed by atoms with van der Waals surface area (Å²) in [6.07, 6.45) is 2.44. The Morgan fingerprint density at radius 3 is 2.69 bits per heavy atom. The molecule has 0 aromatic carbocycles. The van der Waals surface area contributed by atoms with Crippen LogP contribution in [0.15, 0.2) is 18.3 Å². The third-order valence-electron chi connectivity index (χ3n) is 1.81. The number of nitrogens with zero attached hydrogens (tertiary/aromatic N) is 1. The van der Waals surface area contributed by atoms with Crippen LogP contribution < -0.4 is 5.46 Å². The van der Waals surface area contributed by atoms with E-state index in [0.717, 1.165) is 12.1 Å². The third kappa shape index (κ3) is 2.83. The van der Waals surface area contributed by atoms with Gasteiger partial charge >= 0.3 is 7.12 Å². The van der Waals surface area contributed by atoms with Crippen LogP contribution >= 0.6 is 0 Å². The first-order valence-corrected chi connectivity index (χ1v) is 4.41. The Hall–Kier alpha value is -0.865. The van der Waals surface area contributed by atoms with Crippen molar-refractivity contribution in [2.45, 2.75) is 20.3 Å². The van der Waals surface area contributed by atoms with Gasteiger partial charge in [0.25, 0.3) is 0 Å². The van der Waals surface area contributed by atoms with E-state index in [2.05, 4.69) is 18.8 Å². The smallest absolute Gasteiger partial charge is 0.423 e. The highest BCUT2D eigenvalue weighted by Crippen LogP contribution is 2.02. The van der Waals surface area contributed by atoms with Crippen LogP contribution in [-0.4, -0.2) is 22.2 Å². The third-order valence-corrected chi connectivity index (χ3v) is 1.81. The van der Waals surface area contributed by atoms with E-state index in [1.807, 2.05) is 0 Å². The van der Waals surface area contributed by atoms with E-state index in [4.69, 9.17) is 10.0 Å². The fourth-order valence-corrected chi connectivity index (χ4v) is 1.24. The Kier molecular flexibility index (Phi) is 3.45. The first-order valence-electron chi connectivity index (χ1n) is 4.41. The largest absolute Gasteiger partial charge is 0.490 e. The summed E-state index contributed by atoms with van der Waals surface area (Å²) < 4.78 is 0. The van der Waals surface area contributed by atoms with Crippen molar-refractivity contribution in [3.05, 3.63) is 24.0 Å². The molecule has 4 heteroatoms. The SMILES string of the molecule is CC(C)Cc1ncccc1B(O)O. The normalized spacial score (nSPS) is 10.5. The van der Waals surface area contributed by atoms with Gasteiger partial charge in [-0.3, -0.25) is 4.98 Å². The predicted octanol–water partition coefficient (Wildman–Crippen LogP) is -0.0401. The van der Waals surface area contributed by atoms with Crippen LogP contribution in [0.3, 0.4) is 0 Å². The summed E-state index contributed by atoms with van der Waals surface area (Å²) in [6, 6.07) is 3.40. The van der Waals surface area contributed by atoms with E-state index in [-0.39, 0.29) is 0 Å². The molecule has 0 radical (unpaired) electrons. The van der Waals surface area contributed by atoms with E-state index in [1.165, 1.54) is 0 Å². The van der Waals surface area contributed by atoms with Gasteiger partial charge in [-0.1, -0.05) is 19.9 Å². The highest BCUT2D eigenvalue weighted by atomic mass is 16.4. The molecule has 0 aliphatic carbocycles. The molecule has 0 amide bonds. The quantitative estimate of drug-likeness (QED) is 0.640. The molecule has 0 saturated heterocycles. The second-order valence-electron chi connectivity index (χ2n) is 3.51. The van der Waals surface area contributed by atoms with Gasteiger partial charge in [-0.15, -0.1) is 0 Å². The molecule has 0 aliphatic heterocycles. The average Bonchev–Trinajstić information content (AvgIpc) is 2.03. The zero-order chi connectivity index (χ0) is 9.84. The predicted molar refractivity (Wildman–Crippen MR) is 52.6 cm³/mol. The van der Waals surface area contributed by atoms with Crippen molar-refractivity contribution in [1.29, 1.82) is 0 Å². The minimum absolute atomic E-state index is 0.465. The summed E-state index contributed by atoms with van der Waals surface area (Å²) in [5.74, 6) is 0.465. The Bertz CT molecular complexity index is 276. The lowest BCUT2D eigenvalue weighted by atomic mass is 9.77. The van der Waals surface area contributed by atoms with Crippen molar-refractivity contribution in [1.82, 2.24) is 4.98 Å². The zero-order valence-corrected chi connectivity index (χ0v) is 7.94. The molecule has 0 bridgehead atoms. The highest BCUT2D eigenvalue weighted by molar-refractivity contribution is 6.59. The summed E-state index contributed by atoms with van der Waals surface area (Å²) >= 11 is 0. The molecule has 0 unspecified atom stereocenters. The molecule has 70 valence electrons. The summed E-state index contributed by atoms with van der Waals surface area (Å²) in [6.45, 7) is 4.14. The van der Waals surface area contributed by atoms with Gasteiger partial charge in [0.2, 0.25) is 0 Å². The topological polar surface area (TPSA) is 53.4 Å². The van der Waals surface area contributed by atoms with Gasteiger partial charge < -0.3 is 10.0 Å². The second kappa shape index (κ2) is 4.39. The maximum atomic E-state index is 9.03. The summed E-state index contributed by atoms with van der Waals surface area (Å²) in [5, 5.41) is 18.1. The molecule has 0 spiro atoms. The van der Waals surface area contributed by atoms with Crippen molar-refractivity contribution in [2.24, 2.45) is 5.92 Å². The molecule has 1 rings (SSSR count). The molecule has 1 heterocycles. The summed E-state index contributed by atoms with van der Waals surface area (Å²) in [5.41, 5.74) is 1.28. The van der Waals surface area contributed by atoms with E-state index >= 15 is 0 Å². The average molecular weight is 179 g/mol. The lowest BCUT2D eigenvalue weighted by molar-refractivity contribution is 0.425.